The molecule has 1 rings (SSSR count). The highest BCUT2D eigenvalue weighted by Crippen LogP contribution is 2.19. The highest BCUT2D eigenvalue weighted by molar-refractivity contribution is 7.89. The predicted molar refractivity (Wildman–Crippen MR) is 66.8 cm³/mol. The molecule has 106 valence electrons. The molecule has 1 aliphatic rings. The maximum atomic E-state index is 11.9. The van der Waals surface area contributed by atoms with E-state index < -0.39 is 21.9 Å². The molecule has 0 radical (unpaired) electrons. The molecule has 1 saturated heterocycles. The third-order valence-electron chi connectivity index (χ3n) is 2.99. The van der Waals surface area contributed by atoms with E-state index in [0.29, 0.717) is 25.9 Å². The lowest BCUT2D eigenvalue weighted by Crippen LogP contribution is -2.42. The third kappa shape index (κ3) is 4.55. The first-order valence-electron chi connectivity index (χ1n) is 6.15. The largest absolute Gasteiger partial charge is 0.481 e. The molecule has 18 heavy (non-hydrogen) atoms. The van der Waals surface area contributed by atoms with Crippen molar-refractivity contribution in [2.24, 2.45) is 5.92 Å². The lowest BCUT2D eigenvalue weighted by atomic mass is 9.99. The quantitative estimate of drug-likeness (QED) is 0.767. The molecule has 1 heterocycles. The number of hydrogen-bond acceptors (Lipinski definition) is 4. The van der Waals surface area contributed by atoms with Gasteiger partial charge in [-0.3, -0.25) is 4.79 Å². The second-order valence-corrected chi connectivity index (χ2v) is 6.84. The van der Waals surface area contributed by atoms with Crippen molar-refractivity contribution in [3.8, 4) is 0 Å². The number of aliphatic carboxylic acids is 1. The first-order chi connectivity index (χ1) is 8.33. The molecule has 0 aromatic carbocycles. The minimum Gasteiger partial charge on any atom is -0.481 e. The van der Waals surface area contributed by atoms with Gasteiger partial charge in [0, 0.05) is 13.1 Å². The van der Waals surface area contributed by atoms with E-state index in [0.717, 1.165) is 0 Å². The van der Waals surface area contributed by atoms with Crippen LogP contribution in [0.4, 0.5) is 0 Å². The number of carbonyl (C=O) groups is 1. The summed E-state index contributed by atoms with van der Waals surface area (Å²) < 4.78 is 30.5. The lowest BCUT2D eigenvalue weighted by molar-refractivity contribution is -0.142. The third-order valence-corrected chi connectivity index (χ3v) is 4.82. The molecule has 0 aliphatic carbocycles. The maximum Gasteiger partial charge on any atom is 0.306 e. The molecule has 0 bridgehead atoms. The summed E-state index contributed by atoms with van der Waals surface area (Å²) in [6, 6.07) is 0. The summed E-state index contributed by atoms with van der Waals surface area (Å²) >= 11 is 0. The zero-order chi connectivity index (χ0) is 13.8. The fourth-order valence-electron chi connectivity index (χ4n) is 1.90. The van der Waals surface area contributed by atoms with Gasteiger partial charge in [-0.05, 0) is 26.7 Å². The molecule has 1 fully saturated rings. The SMILES string of the molecule is CC(C)OCCS(=O)(=O)N1CCC(C(=O)O)CC1. The Labute approximate surface area is 108 Å². The number of hydrogen-bond donors (Lipinski definition) is 1. The van der Waals surface area contributed by atoms with Gasteiger partial charge in [-0.1, -0.05) is 0 Å². The van der Waals surface area contributed by atoms with Crippen LogP contribution in [0, 0.1) is 5.92 Å². The first-order valence-corrected chi connectivity index (χ1v) is 7.76. The molecular formula is C11H21NO5S. The van der Waals surface area contributed by atoms with Gasteiger partial charge >= 0.3 is 5.97 Å². The average molecular weight is 279 g/mol. The van der Waals surface area contributed by atoms with E-state index in [1.807, 2.05) is 13.8 Å². The van der Waals surface area contributed by atoms with Crippen molar-refractivity contribution in [1.29, 1.82) is 0 Å². The van der Waals surface area contributed by atoms with Crippen LogP contribution in [0.5, 0.6) is 0 Å². The van der Waals surface area contributed by atoms with Crippen LogP contribution in [-0.4, -0.2) is 55.4 Å². The number of nitrogens with zero attached hydrogens (tertiary/aromatic N) is 1. The molecule has 1 N–H and O–H groups in total. The van der Waals surface area contributed by atoms with Crippen LogP contribution in [0.1, 0.15) is 26.7 Å². The molecule has 0 spiro atoms. The van der Waals surface area contributed by atoms with Gasteiger partial charge in [-0.25, -0.2) is 12.7 Å². The minimum absolute atomic E-state index is 0.0120. The molecule has 1 aliphatic heterocycles. The van der Waals surface area contributed by atoms with Gasteiger partial charge in [0.2, 0.25) is 10.0 Å². The smallest absolute Gasteiger partial charge is 0.306 e. The van der Waals surface area contributed by atoms with Gasteiger partial charge in [0.1, 0.15) is 0 Å². The highest BCUT2D eigenvalue weighted by Gasteiger charge is 2.30. The van der Waals surface area contributed by atoms with Gasteiger partial charge < -0.3 is 9.84 Å². The van der Waals surface area contributed by atoms with Crippen molar-refractivity contribution < 1.29 is 23.1 Å². The number of piperidine rings is 1. The van der Waals surface area contributed by atoms with E-state index in [4.69, 9.17) is 9.84 Å². The van der Waals surface area contributed by atoms with E-state index in [-0.39, 0.29) is 18.5 Å². The zero-order valence-corrected chi connectivity index (χ0v) is 11.6. The van der Waals surface area contributed by atoms with E-state index >= 15 is 0 Å². The van der Waals surface area contributed by atoms with Crippen LogP contribution in [0.3, 0.4) is 0 Å². The van der Waals surface area contributed by atoms with E-state index in [9.17, 15) is 13.2 Å². The summed E-state index contributed by atoms with van der Waals surface area (Å²) in [5.41, 5.74) is 0. The highest BCUT2D eigenvalue weighted by atomic mass is 32.2. The summed E-state index contributed by atoms with van der Waals surface area (Å²) in [5.74, 6) is -1.29. The van der Waals surface area contributed by atoms with Crippen LogP contribution in [0.25, 0.3) is 0 Å². The molecule has 0 saturated carbocycles. The van der Waals surface area contributed by atoms with Gasteiger partial charge in [0.15, 0.2) is 0 Å². The summed E-state index contributed by atoms with van der Waals surface area (Å²) in [6.07, 6.45) is 0.789. The van der Waals surface area contributed by atoms with Gasteiger partial charge in [0.25, 0.3) is 0 Å². The maximum absolute atomic E-state index is 11.9. The number of sulfonamides is 1. The van der Waals surface area contributed by atoms with Gasteiger partial charge in [-0.2, -0.15) is 0 Å². The molecular weight excluding hydrogens is 258 g/mol. The van der Waals surface area contributed by atoms with Crippen molar-refractivity contribution in [3.05, 3.63) is 0 Å². The van der Waals surface area contributed by atoms with Crippen LogP contribution < -0.4 is 0 Å². The summed E-state index contributed by atoms with van der Waals surface area (Å²) in [6.45, 7) is 4.47. The summed E-state index contributed by atoms with van der Waals surface area (Å²) in [7, 11) is -3.31. The Kier molecular flexibility index (Phi) is 5.55. The predicted octanol–water partition coefficient (Wildman–Crippen LogP) is 0.538. The van der Waals surface area contributed by atoms with Crippen molar-refractivity contribution in [3.63, 3.8) is 0 Å². The number of rotatable bonds is 6. The van der Waals surface area contributed by atoms with Crippen LogP contribution in [0.15, 0.2) is 0 Å². The molecule has 7 heteroatoms. The van der Waals surface area contributed by atoms with Crippen LogP contribution in [-0.2, 0) is 19.6 Å². The number of carboxylic acid groups (broad SMARTS) is 1. The monoisotopic (exact) mass is 279 g/mol. The van der Waals surface area contributed by atoms with Crippen LogP contribution in [0.2, 0.25) is 0 Å². The van der Waals surface area contributed by atoms with Crippen molar-refractivity contribution >= 4 is 16.0 Å². The second kappa shape index (κ2) is 6.49. The Balaban J connectivity index is 2.43. The van der Waals surface area contributed by atoms with Gasteiger partial charge in [-0.15, -0.1) is 0 Å². The Hall–Kier alpha value is -0.660. The molecule has 0 unspecified atom stereocenters. The van der Waals surface area contributed by atoms with E-state index in [1.54, 1.807) is 0 Å². The number of ether oxygens (including phenoxy) is 1. The molecule has 6 nitrogen and oxygen atoms in total. The van der Waals surface area contributed by atoms with Crippen LogP contribution >= 0.6 is 0 Å². The second-order valence-electron chi connectivity index (χ2n) is 4.75. The topological polar surface area (TPSA) is 83.9 Å². The molecule has 0 atom stereocenters. The normalized spacial score (nSPS) is 19.3. The number of carboxylic acids is 1. The Morgan fingerprint density at radius 3 is 2.39 bits per heavy atom. The molecule has 0 amide bonds. The molecule has 0 aromatic rings. The Bertz CT molecular complexity index is 371. The Morgan fingerprint density at radius 1 is 1.39 bits per heavy atom. The minimum atomic E-state index is -3.31. The average Bonchev–Trinajstić information content (AvgIpc) is 2.28. The van der Waals surface area contributed by atoms with Crippen molar-refractivity contribution in [1.82, 2.24) is 4.31 Å². The standard InChI is InChI=1S/C11H21NO5S/c1-9(2)17-7-8-18(15,16)12-5-3-10(4-6-12)11(13)14/h9-10H,3-8H2,1-2H3,(H,13,14). The molecule has 0 aromatic heterocycles. The zero-order valence-electron chi connectivity index (χ0n) is 10.8. The van der Waals surface area contributed by atoms with Gasteiger partial charge in [0.05, 0.1) is 24.4 Å². The first kappa shape index (κ1) is 15.4. The summed E-state index contributed by atoms with van der Waals surface area (Å²) in [5, 5.41) is 8.84. The lowest BCUT2D eigenvalue weighted by Gasteiger charge is -2.29. The van der Waals surface area contributed by atoms with Crippen molar-refractivity contribution in [2.45, 2.75) is 32.8 Å². The summed E-state index contributed by atoms with van der Waals surface area (Å²) in [4.78, 5) is 10.8. The fraction of sp³-hybridized carbons (Fsp3) is 0.909. The van der Waals surface area contributed by atoms with E-state index in [1.165, 1.54) is 4.31 Å². The fourth-order valence-corrected chi connectivity index (χ4v) is 3.23. The Morgan fingerprint density at radius 2 is 1.94 bits per heavy atom. The van der Waals surface area contributed by atoms with Crippen molar-refractivity contribution in [2.75, 3.05) is 25.4 Å². The van der Waals surface area contributed by atoms with E-state index in [2.05, 4.69) is 0 Å².